The van der Waals surface area contributed by atoms with Crippen LogP contribution in [0.15, 0.2) is 265 Å². The molecule has 0 fully saturated rings. The molecule has 9 aliphatic rings. The van der Waals surface area contributed by atoms with Crippen LogP contribution in [0.3, 0.4) is 0 Å². The van der Waals surface area contributed by atoms with Gasteiger partial charge in [0.15, 0.2) is 0 Å². The molecular formula is C57H42IrN6. The molecule has 15 rings (SSSR count). The standard InChI is InChI=1S/3C19H14N2.Ir/c3*1-3-9-15(10-4-1)19-20-17-13-7-8-14-18(17)21(19)16-11-5-2-6-12-16;/h3*1-8,11-14H,9H2;/q3*-1;+3. The third kappa shape index (κ3) is 3.38. The van der Waals surface area contributed by atoms with E-state index >= 15 is 0 Å². The first-order valence-electron chi connectivity index (χ1n) is 22.2. The maximum absolute atomic E-state index is 6.67. The van der Waals surface area contributed by atoms with Crippen LogP contribution < -0.4 is 25.4 Å². The van der Waals surface area contributed by atoms with E-state index in [4.69, 9.17) is 0 Å². The van der Waals surface area contributed by atoms with Gasteiger partial charge in [-0.15, -0.1) is 0 Å². The molecule has 0 saturated heterocycles. The molecule has 64 heavy (non-hydrogen) atoms. The molecule has 3 aliphatic carbocycles. The quantitative estimate of drug-likeness (QED) is 0.175. The number of rotatable bonds is 3. The summed E-state index contributed by atoms with van der Waals surface area (Å²) in [6, 6.07) is 61.2. The fourth-order valence-corrected chi connectivity index (χ4v) is 41.8. The fraction of sp³-hybridized carbons (Fsp3) is 0.0526. The van der Waals surface area contributed by atoms with E-state index in [1.54, 1.807) is 0 Å². The minimum absolute atomic E-state index is 0.801. The van der Waals surface area contributed by atoms with Crippen molar-refractivity contribution in [3.05, 3.63) is 265 Å². The summed E-state index contributed by atoms with van der Waals surface area (Å²) in [6.07, 6.45) is 24.4. The van der Waals surface area contributed by atoms with E-state index in [1.165, 1.54) is 80.6 Å². The molecule has 0 N–H and O–H groups in total. The molecule has 0 unspecified atom stereocenters. The van der Waals surface area contributed by atoms with E-state index < -0.39 is 13.6 Å². The molecule has 0 radical (unpaired) electrons. The van der Waals surface area contributed by atoms with Crippen molar-refractivity contribution in [2.24, 2.45) is 0 Å². The van der Waals surface area contributed by atoms with Crippen molar-refractivity contribution in [1.82, 2.24) is 0 Å². The van der Waals surface area contributed by atoms with E-state index in [0.717, 1.165) is 36.3 Å². The molecule has 309 valence electrons. The number of benzene rings is 6. The van der Waals surface area contributed by atoms with Gasteiger partial charge in [0.05, 0.1) is 0 Å². The van der Waals surface area contributed by atoms with Crippen molar-refractivity contribution in [1.29, 1.82) is 0 Å². The van der Waals surface area contributed by atoms with Crippen LogP contribution in [0, 0.1) is 0 Å². The van der Waals surface area contributed by atoms with Gasteiger partial charge in [-0.1, -0.05) is 0 Å². The van der Waals surface area contributed by atoms with Crippen molar-refractivity contribution < 1.29 is 13.6 Å². The van der Waals surface area contributed by atoms with Gasteiger partial charge in [-0.2, -0.15) is 0 Å². The van der Waals surface area contributed by atoms with Crippen LogP contribution in [-0.2, 0) is 13.6 Å². The van der Waals surface area contributed by atoms with Crippen molar-refractivity contribution >= 4 is 51.2 Å². The van der Waals surface area contributed by atoms with Crippen LogP contribution in [0.1, 0.15) is 19.3 Å². The number of anilines is 9. The Bertz CT molecular complexity index is 3070. The molecule has 0 saturated carbocycles. The van der Waals surface area contributed by atoms with Crippen LogP contribution in [0.5, 0.6) is 0 Å². The summed E-state index contributed by atoms with van der Waals surface area (Å²) in [4.78, 5) is 7.82. The summed E-state index contributed by atoms with van der Waals surface area (Å²) < 4.78 is 13.4. The number of hydrogen-bond acceptors (Lipinski definition) is 6. The third-order valence-electron chi connectivity index (χ3n) is 14.2. The molecule has 6 aliphatic heterocycles. The van der Waals surface area contributed by atoms with Gasteiger partial charge >= 0.3 is 374 Å². The van der Waals surface area contributed by atoms with Gasteiger partial charge < -0.3 is 0 Å². The topological polar surface area (TPSA) is 19.4 Å². The van der Waals surface area contributed by atoms with E-state index in [0.29, 0.717) is 0 Å². The number of hydrogen-bond donors (Lipinski definition) is 0. The first kappa shape index (κ1) is 35.0. The van der Waals surface area contributed by atoms with Gasteiger partial charge in [-0.25, -0.2) is 0 Å². The zero-order valence-corrected chi connectivity index (χ0v) is 37.3. The molecule has 6 aromatic rings. The molecule has 6 heterocycles. The van der Waals surface area contributed by atoms with Crippen LogP contribution in [0.25, 0.3) is 0 Å². The zero-order chi connectivity index (χ0) is 41.8. The summed E-state index contributed by atoms with van der Waals surface area (Å²) in [5.41, 5.74) is 14.9. The Balaban J connectivity index is 1.23. The SMILES string of the molecule is C1=CCC2=C3N(c4ccccc4)c4ccccc4[N]3[Ir]34([C]2=C1)([C]1=CC=CCC1=C1N(c2ccccc2)c2ccccc2[N]13)[C]1=CC=CCC1=C1N(c2ccccc2)c2ccccc2[N]14. The molecule has 0 amide bonds. The minimum atomic E-state index is -6.67. The van der Waals surface area contributed by atoms with Crippen LogP contribution in [-0.4, -0.2) is 0 Å². The Morgan fingerprint density at radius 3 is 0.859 bits per heavy atom. The average Bonchev–Trinajstić information content (AvgIpc) is 4.17. The predicted molar refractivity (Wildman–Crippen MR) is 259 cm³/mol. The Morgan fingerprint density at radius 2 is 0.562 bits per heavy atom. The van der Waals surface area contributed by atoms with Crippen molar-refractivity contribution in [3.8, 4) is 0 Å². The molecule has 6 aromatic carbocycles. The molecule has 0 bridgehead atoms. The normalized spacial score (nSPS) is 22.2. The van der Waals surface area contributed by atoms with E-state index in [-0.39, 0.29) is 0 Å². The van der Waals surface area contributed by atoms with Gasteiger partial charge in [0.1, 0.15) is 0 Å². The second kappa shape index (κ2) is 11.7. The molecule has 0 aromatic heterocycles. The van der Waals surface area contributed by atoms with Gasteiger partial charge in [-0.3, -0.25) is 0 Å². The molecule has 6 nitrogen and oxygen atoms in total. The number of nitrogens with zero attached hydrogens (tertiary/aromatic N) is 6. The number of fused-ring (bicyclic) bond motifs is 12. The van der Waals surface area contributed by atoms with Crippen LogP contribution in [0.4, 0.5) is 51.2 Å². The van der Waals surface area contributed by atoms with Gasteiger partial charge in [-0.05, 0) is 0 Å². The first-order valence-corrected chi connectivity index (χ1v) is 29.0. The first-order chi connectivity index (χ1) is 31.8. The van der Waals surface area contributed by atoms with E-state index in [9.17, 15) is 0 Å². The zero-order valence-electron chi connectivity index (χ0n) is 34.9. The van der Waals surface area contributed by atoms with Crippen molar-refractivity contribution in [2.75, 3.05) is 25.4 Å². The third-order valence-corrected chi connectivity index (χ3v) is 37.6. The van der Waals surface area contributed by atoms with E-state index in [2.05, 4.69) is 244 Å². The average molecular weight is 1000 g/mol. The summed E-state index contributed by atoms with van der Waals surface area (Å²) in [7, 11) is 0. The summed E-state index contributed by atoms with van der Waals surface area (Å²) in [5.74, 6) is 3.77. The summed E-state index contributed by atoms with van der Waals surface area (Å²) in [5, 5.41) is 0. The summed E-state index contributed by atoms with van der Waals surface area (Å²) >= 11 is -6.67. The second-order valence-electron chi connectivity index (χ2n) is 17.2. The van der Waals surface area contributed by atoms with Crippen LogP contribution in [0.2, 0.25) is 0 Å². The van der Waals surface area contributed by atoms with Crippen molar-refractivity contribution in [3.63, 3.8) is 0 Å². The van der Waals surface area contributed by atoms with Gasteiger partial charge in [0.25, 0.3) is 0 Å². The Labute approximate surface area is 372 Å². The Kier molecular flexibility index (Phi) is 6.39. The maximum atomic E-state index is 3.03. The molecular weight excluding hydrogens is 961 g/mol. The molecule has 1 spiro atoms. The summed E-state index contributed by atoms with van der Waals surface area (Å²) in [6.45, 7) is 0. The number of para-hydroxylation sites is 9. The Morgan fingerprint density at radius 1 is 0.297 bits per heavy atom. The predicted octanol–water partition coefficient (Wildman–Crippen LogP) is 14.1. The van der Waals surface area contributed by atoms with Gasteiger partial charge in [0, 0.05) is 0 Å². The van der Waals surface area contributed by atoms with E-state index in [1.807, 2.05) is 0 Å². The number of allylic oxidation sites excluding steroid dienone is 15. The Hall–Kier alpha value is -7.57. The fourth-order valence-electron chi connectivity index (χ4n) is 12.2. The monoisotopic (exact) mass is 1000 g/mol. The van der Waals surface area contributed by atoms with Gasteiger partial charge in [0.2, 0.25) is 0 Å². The second-order valence-corrected chi connectivity index (χ2v) is 32.3. The molecule has 0 atom stereocenters. The molecule has 7 heteroatoms. The van der Waals surface area contributed by atoms with Crippen LogP contribution >= 0.6 is 0 Å². The van der Waals surface area contributed by atoms with Crippen molar-refractivity contribution in [2.45, 2.75) is 19.3 Å².